The molecule has 2 unspecified atom stereocenters. The number of rotatable bonds is 0. The molecule has 0 aromatic rings. The minimum Gasteiger partial charge on any atom is -0.703 e. The van der Waals surface area contributed by atoms with E-state index >= 15 is 0 Å². The SMILES string of the molecule is CC1[N+](=O)N([O-])C1(C)Br. The summed E-state index contributed by atoms with van der Waals surface area (Å²) in [5, 5.41) is 10.9. The maximum atomic E-state index is 10.6. The van der Waals surface area contributed by atoms with Gasteiger partial charge >= 0.3 is 0 Å². The Labute approximate surface area is 61.1 Å². The summed E-state index contributed by atoms with van der Waals surface area (Å²) < 4.78 is -0.686. The fraction of sp³-hybridized carbons (Fsp3) is 1.00. The lowest BCUT2D eigenvalue weighted by molar-refractivity contribution is -0.803. The monoisotopic (exact) mass is 194 g/mol. The molecule has 1 heterocycles. The molecule has 0 aromatic carbocycles. The standard InChI is InChI=1S/C4H7BrN2O2/c1-3-4(2,5)7(9)6(3)8/h3H,1-2H3. The second-order valence-corrected chi connectivity index (χ2v) is 3.88. The zero-order chi connectivity index (χ0) is 7.23. The Morgan fingerprint density at radius 3 is 2.44 bits per heavy atom. The van der Waals surface area contributed by atoms with Gasteiger partial charge in [-0.25, -0.2) is 0 Å². The van der Waals surface area contributed by atoms with Crippen molar-refractivity contribution in [3.05, 3.63) is 10.1 Å². The number of hydrazine groups is 1. The Balaban J connectivity index is 2.73. The smallest absolute Gasteiger partial charge is 0.267 e. The molecule has 0 spiro atoms. The minimum absolute atomic E-state index is 0.269. The third-order valence-corrected chi connectivity index (χ3v) is 2.61. The molecule has 1 fully saturated rings. The average Bonchev–Trinajstić information content (AvgIpc) is 1.84. The first-order chi connectivity index (χ1) is 3.98. The summed E-state index contributed by atoms with van der Waals surface area (Å²) in [5.74, 6) is 0. The summed E-state index contributed by atoms with van der Waals surface area (Å²) in [6.07, 6.45) is 0. The van der Waals surface area contributed by atoms with E-state index in [-0.39, 0.29) is 6.04 Å². The summed E-state index contributed by atoms with van der Waals surface area (Å²) >= 11 is 3.11. The van der Waals surface area contributed by atoms with Gasteiger partial charge in [-0.2, -0.15) is 5.17 Å². The summed E-state index contributed by atoms with van der Waals surface area (Å²) in [6.45, 7) is 3.36. The van der Waals surface area contributed by atoms with E-state index in [4.69, 9.17) is 0 Å². The maximum absolute atomic E-state index is 10.6. The van der Waals surface area contributed by atoms with Gasteiger partial charge < -0.3 is 5.21 Å². The van der Waals surface area contributed by atoms with Gasteiger partial charge in [-0.05, 0) is 22.9 Å². The van der Waals surface area contributed by atoms with Gasteiger partial charge in [-0.15, -0.1) is 0 Å². The van der Waals surface area contributed by atoms with Crippen molar-refractivity contribution in [2.24, 2.45) is 0 Å². The maximum Gasteiger partial charge on any atom is 0.267 e. The van der Waals surface area contributed by atoms with E-state index in [2.05, 4.69) is 15.9 Å². The van der Waals surface area contributed by atoms with E-state index < -0.39 is 4.45 Å². The van der Waals surface area contributed by atoms with Crippen molar-refractivity contribution in [3.63, 3.8) is 0 Å². The highest BCUT2D eigenvalue weighted by Crippen LogP contribution is 2.36. The van der Waals surface area contributed by atoms with E-state index in [9.17, 15) is 10.1 Å². The van der Waals surface area contributed by atoms with Crippen molar-refractivity contribution in [3.8, 4) is 0 Å². The summed E-state index contributed by atoms with van der Waals surface area (Å²) in [4.78, 5) is 10.9. The van der Waals surface area contributed by atoms with Gasteiger partial charge in [0.1, 0.15) is 4.87 Å². The van der Waals surface area contributed by atoms with Crippen molar-refractivity contribution < 1.29 is 4.87 Å². The van der Waals surface area contributed by atoms with E-state index in [1.165, 1.54) is 0 Å². The Morgan fingerprint density at radius 2 is 2.33 bits per heavy atom. The molecule has 0 bridgehead atoms. The molecule has 9 heavy (non-hydrogen) atoms. The normalized spacial score (nSPS) is 42.9. The Bertz CT molecular complexity index is 145. The van der Waals surface area contributed by atoms with Crippen LogP contribution in [-0.2, 0) is 0 Å². The molecule has 0 aliphatic carbocycles. The zero-order valence-electron chi connectivity index (χ0n) is 5.17. The fourth-order valence-electron chi connectivity index (χ4n) is 0.655. The van der Waals surface area contributed by atoms with Gasteiger partial charge in [0.15, 0.2) is 0 Å². The van der Waals surface area contributed by atoms with Crippen LogP contribution in [0.25, 0.3) is 0 Å². The summed E-state index contributed by atoms with van der Waals surface area (Å²) in [7, 11) is 0. The predicted molar refractivity (Wildman–Crippen MR) is 35.6 cm³/mol. The molecule has 0 saturated carbocycles. The van der Waals surface area contributed by atoms with Gasteiger partial charge in [0.25, 0.3) is 6.04 Å². The van der Waals surface area contributed by atoms with Crippen LogP contribution in [0.15, 0.2) is 0 Å². The molecule has 1 saturated heterocycles. The second-order valence-electron chi connectivity index (χ2n) is 2.28. The van der Waals surface area contributed by atoms with Crippen LogP contribution in [-0.4, -0.2) is 20.5 Å². The van der Waals surface area contributed by atoms with Crippen LogP contribution in [0.4, 0.5) is 0 Å². The topological polar surface area (TPSA) is 46.4 Å². The molecule has 0 radical (unpaired) electrons. The molecule has 0 aromatic heterocycles. The molecule has 0 N–H and O–H groups in total. The third-order valence-electron chi connectivity index (χ3n) is 1.65. The van der Waals surface area contributed by atoms with Gasteiger partial charge in [-0.3, -0.25) is 0 Å². The number of hydrogen-bond acceptors (Lipinski definition) is 2. The number of hydrogen-bond donors (Lipinski definition) is 0. The molecule has 2 atom stereocenters. The summed E-state index contributed by atoms with van der Waals surface area (Å²) in [5.41, 5.74) is 0. The van der Waals surface area contributed by atoms with Crippen LogP contribution < -0.4 is 0 Å². The lowest BCUT2D eigenvalue weighted by Crippen LogP contribution is -2.66. The van der Waals surface area contributed by atoms with Crippen LogP contribution >= 0.6 is 15.9 Å². The van der Waals surface area contributed by atoms with Crippen LogP contribution in [0.1, 0.15) is 13.8 Å². The van der Waals surface area contributed by atoms with E-state index in [0.29, 0.717) is 10.0 Å². The van der Waals surface area contributed by atoms with Crippen molar-refractivity contribution in [1.29, 1.82) is 0 Å². The van der Waals surface area contributed by atoms with Crippen molar-refractivity contribution in [1.82, 2.24) is 5.17 Å². The quantitative estimate of drug-likeness (QED) is 0.329. The van der Waals surface area contributed by atoms with E-state index in [0.717, 1.165) is 0 Å². The Morgan fingerprint density at radius 1 is 1.89 bits per heavy atom. The molecular weight excluding hydrogens is 188 g/mol. The van der Waals surface area contributed by atoms with Crippen LogP contribution in [0.3, 0.4) is 0 Å². The molecule has 1 aliphatic rings. The summed E-state index contributed by atoms with van der Waals surface area (Å²) in [6, 6.07) is -0.269. The first-order valence-electron chi connectivity index (χ1n) is 2.60. The highest BCUT2D eigenvalue weighted by Gasteiger charge is 2.57. The van der Waals surface area contributed by atoms with Gasteiger partial charge in [-0.1, -0.05) is 0 Å². The molecule has 5 heteroatoms. The van der Waals surface area contributed by atoms with Gasteiger partial charge in [0.2, 0.25) is 4.45 Å². The van der Waals surface area contributed by atoms with Crippen molar-refractivity contribution in [2.75, 3.05) is 0 Å². The number of halogens is 1. The first-order valence-corrected chi connectivity index (χ1v) is 3.39. The molecule has 0 amide bonds. The second kappa shape index (κ2) is 1.67. The van der Waals surface area contributed by atoms with E-state index in [1.807, 2.05) is 0 Å². The molecule has 4 nitrogen and oxygen atoms in total. The van der Waals surface area contributed by atoms with Gasteiger partial charge in [0, 0.05) is 6.92 Å². The highest BCUT2D eigenvalue weighted by atomic mass is 79.9. The number of nitroso groups, excluding NO2 is 1. The fourth-order valence-corrected chi connectivity index (χ4v) is 0.987. The Kier molecular flexibility index (Phi) is 1.29. The molecule has 1 aliphatic heterocycles. The number of alkyl halides is 1. The lowest BCUT2D eigenvalue weighted by atomic mass is 10.1. The van der Waals surface area contributed by atoms with Crippen molar-refractivity contribution >= 4 is 15.9 Å². The average molecular weight is 195 g/mol. The van der Waals surface area contributed by atoms with Crippen molar-refractivity contribution in [2.45, 2.75) is 24.3 Å². The lowest BCUT2D eigenvalue weighted by Gasteiger charge is -2.44. The largest absolute Gasteiger partial charge is 0.703 e. The number of hydroxylamine groups is 1. The van der Waals surface area contributed by atoms with Crippen LogP contribution in [0.5, 0.6) is 0 Å². The third kappa shape index (κ3) is 0.679. The number of nitrogens with zero attached hydrogens (tertiary/aromatic N) is 2. The van der Waals surface area contributed by atoms with E-state index in [1.54, 1.807) is 13.8 Å². The molecular formula is C4H7BrN2O2. The Hall–Kier alpha value is -0.160. The highest BCUT2D eigenvalue weighted by molar-refractivity contribution is 9.10. The first kappa shape index (κ1) is 6.95. The molecule has 1 rings (SSSR count). The van der Waals surface area contributed by atoms with Crippen LogP contribution in [0, 0.1) is 10.1 Å². The molecule has 52 valence electrons. The minimum atomic E-state index is -0.686. The zero-order valence-corrected chi connectivity index (χ0v) is 6.75. The predicted octanol–water partition coefficient (Wildman–Crippen LogP) is 0.993. The van der Waals surface area contributed by atoms with Gasteiger partial charge in [0.05, 0.1) is 4.91 Å². The van der Waals surface area contributed by atoms with Crippen LogP contribution in [0.2, 0.25) is 0 Å².